The maximum absolute atomic E-state index is 13.8. The number of ether oxygens (including phenoxy) is 6. The van der Waals surface area contributed by atoms with Gasteiger partial charge < -0.3 is 78.9 Å². The van der Waals surface area contributed by atoms with Gasteiger partial charge in [-0.25, -0.2) is 0 Å². The number of aliphatic hydroxyl groups is 8. The summed E-state index contributed by atoms with van der Waals surface area (Å²) in [6.45, 7) is 13.6. The molecule has 8 N–H and O–H groups in total. The van der Waals surface area contributed by atoms with Crippen LogP contribution in [0.4, 0.5) is 0 Å². The van der Waals surface area contributed by atoms with Gasteiger partial charge >= 0.3 is 0 Å². The number of fused-ring (bicyclic) bond motifs is 7. The van der Waals surface area contributed by atoms with Crippen molar-refractivity contribution in [1.82, 2.24) is 0 Å². The Morgan fingerprint density at radius 2 is 1.44 bits per heavy atom. The third kappa shape index (κ3) is 7.28. The lowest BCUT2D eigenvalue weighted by Crippen LogP contribution is -2.69. The number of allylic oxidation sites excluding steroid dienone is 2. The summed E-state index contributed by atoms with van der Waals surface area (Å²) in [5.41, 5.74) is -2.93. The average molecular weight is 909 g/mol. The van der Waals surface area contributed by atoms with Crippen molar-refractivity contribution in [3.63, 3.8) is 0 Å². The Morgan fingerprint density at radius 3 is 2.11 bits per heavy atom. The zero-order chi connectivity index (χ0) is 46.7. The normalized spacial score (nSPS) is 55.9. The van der Waals surface area contributed by atoms with Gasteiger partial charge in [0.2, 0.25) is 0 Å². The Bertz CT molecular complexity index is 1800. The van der Waals surface area contributed by atoms with Crippen LogP contribution in [0.15, 0.2) is 12.2 Å². The van der Waals surface area contributed by atoms with Crippen molar-refractivity contribution in [3.8, 4) is 0 Å². The van der Waals surface area contributed by atoms with Crippen molar-refractivity contribution in [2.45, 2.75) is 192 Å². The molecule has 8 aliphatic rings. The number of ketones is 1. The van der Waals surface area contributed by atoms with E-state index in [4.69, 9.17) is 28.4 Å². The van der Waals surface area contributed by atoms with E-state index in [0.29, 0.717) is 32.1 Å². The van der Waals surface area contributed by atoms with Gasteiger partial charge in [-0.05, 0) is 104 Å². The van der Waals surface area contributed by atoms with Crippen molar-refractivity contribution >= 4 is 18.4 Å². The minimum atomic E-state index is -2.06. The molecule has 0 aromatic heterocycles. The highest BCUT2D eigenvalue weighted by molar-refractivity contribution is 5.88. The van der Waals surface area contributed by atoms with Crippen LogP contribution in [0.25, 0.3) is 0 Å². The van der Waals surface area contributed by atoms with Crippen LogP contribution < -0.4 is 0 Å². The molecule has 0 aromatic rings. The number of Topliss-reactive ketones (excluding diaryl/α,β-unsaturated/α-hetero) is 1. The fraction of sp³-hybridized carbons (Fsp3) is 0.894. The number of aldehydes is 2. The first kappa shape index (κ1) is 48.6. The van der Waals surface area contributed by atoms with Gasteiger partial charge in [0.25, 0.3) is 0 Å². The molecular formula is C47H72O17. The van der Waals surface area contributed by atoms with Crippen LogP contribution in [0.1, 0.15) is 99.8 Å². The topological polar surface area (TPSA) is 268 Å². The smallest absolute Gasteiger partial charge is 0.197 e. The molecule has 0 aromatic carbocycles. The fourth-order valence-corrected chi connectivity index (χ4v) is 14.6. The van der Waals surface area contributed by atoms with Crippen molar-refractivity contribution < 1.29 is 83.7 Å². The third-order valence-electron chi connectivity index (χ3n) is 18.7. The summed E-state index contributed by atoms with van der Waals surface area (Å²) >= 11 is 0. The molecule has 8 rings (SSSR count). The summed E-state index contributed by atoms with van der Waals surface area (Å²) in [4.78, 5) is 39.7. The molecule has 0 amide bonds. The Morgan fingerprint density at radius 1 is 0.734 bits per heavy atom. The van der Waals surface area contributed by atoms with E-state index < -0.39 is 127 Å². The van der Waals surface area contributed by atoms with Crippen molar-refractivity contribution in [1.29, 1.82) is 0 Å². The van der Waals surface area contributed by atoms with Gasteiger partial charge in [0.1, 0.15) is 61.4 Å². The van der Waals surface area contributed by atoms with Crippen molar-refractivity contribution in [3.05, 3.63) is 12.2 Å². The molecule has 5 aliphatic carbocycles. The van der Waals surface area contributed by atoms with Crippen LogP contribution in [0.3, 0.4) is 0 Å². The summed E-state index contributed by atoms with van der Waals surface area (Å²) in [5.74, 6) is -1.21. The molecule has 17 nitrogen and oxygen atoms in total. The monoisotopic (exact) mass is 908 g/mol. The Balaban J connectivity index is 1.10. The van der Waals surface area contributed by atoms with Crippen molar-refractivity contribution in [2.75, 3.05) is 13.2 Å². The fourth-order valence-electron chi connectivity index (χ4n) is 14.6. The third-order valence-corrected chi connectivity index (χ3v) is 18.7. The molecule has 3 aliphatic heterocycles. The molecule has 0 spiro atoms. The maximum atomic E-state index is 13.8. The van der Waals surface area contributed by atoms with Gasteiger partial charge in [0.15, 0.2) is 30.8 Å². The predicted octanol–water partition coefficient (Wildman–Crippen LogP) is 0.701. The molecule has 362 valence electrons. The summed E-state index contributed by atoms with van der Waals surface area (Å²) in [6.07, 6.45) is -10.5. The van der Waals surface area contributed by atoms with E-state index in [0.717, 1.165) is 31.8 Å². The molecule has 0 radical (unpaired) electrons. The van der Waals surface area contributed by atoms with Crippen LogP contribution in [-0.2, 0) is 42.8 Å². The molecule has 14 unspecified atom stereocenters. The number of hydrogen-bond donors (Lipinski definition) is 8. The van der Waals surface area contributed by atoms with Crippen LogP contribution in [0.5, 0.6) is 0 Å². The molecule has 17 heteroatoms. The number of carbonyl (C=O) groups is 3. The largest absolute Gasteiger partial charge is 0.394 e. The average Bonchev–Trinajstić information content (AvgIpc) is 3.24. The maximum Gasteiger partial charge on any atom is 0.197 e. The van der Waals surface area contributed by atoms with E-state index in [-0.39, 0.29) is 39.9 Å². The summed E-state index contributed by atoms with van der Waals surface area (Å²) in [5, 5.41) is 86.3. The molecule has 0 bridgehead atoms. The van der Waals surface area contributed by atoms with E-state index in [1.807, 2.05) is 6.92 Å². The standard InChI is InChI=1S/C47H72O17/c1-22-31(53)37(63-39-35(57)32(54)25(51)19-59-39)38(64-40-36(58)34(56)33(55)26(18-48)61-40)41(60-22)62-30-11-12-43(4)27(44(30,5)20-49)10-13-45(6)28(43)9-8-23-24-16-42(2,3)14-15-47(24,21-50)29(52)17-46(23,45)7/h8-9,20-33,35-41,48,51-55,57-58H,10-19H2,1-7H3/t22?,23?,24-,25?,26?,27+,28+,29+,30-,31?,32?,33?,35?,36?,37?,38?,39?,40?,41?,43-,44-,45+,46+,47+/m0/s1. The minimum Gasteiger partial charge on any atom is -0.394 e. The second-order valence-corrected chi connectivity index (χ2v) is 22.6. The lowest BCUT2D eigenvalue weighted by molar-refractivity contribution is -0.384. The highest BCUT2D eigenvalue weighted by atomic mass is 16.8. The first-order valence-electron chi connectivity index (χ1n) is 23.4. The van der Waals surface area contributed by atoms with Gasteiger partial charge in [-0.3, -0.25) is 4.79 Å². The predicted molar refractivity (Wildman–Crippen MR) is 222 cm³/mol. The van der Waals surface area contributed by atoms with E-state index in [2.05, 4.69) is 46.8 Å². The first-order chi connectivity index (χ1) is 30.0. The molecule has 64 heavy (non-hydrogen) atoms. The van der Waals surface area contributed by atoms with Crippen LogP contribution in [0.2, 0.25) is 0 Å². The zero-order valence-electron chi connectivity index (χ0n) is 38.1. The van der Waals surface area contributed by atoms with E-state index in [1.54, 1.807) is 0 Å². The summed E-state index contributed by atoms with van der Waals surface area (Å²) in [6, 6.07) is 0. The van der Waals surface area contributed by atoms with E-state index in [1.165, 1.54) is 6.92 Å². The van der Waals surface area contributed by atoms with Gasteiger partial charge in [0, 0.05) is 0 Å². The molecule has 3 heterocycles. The summed E-state index contributed by atoms with van der Waals surface area (Å²) < 4.78 is 36.6. The summed E-state index contributed by atoms with van der Waals surface area (Å²) in [7, 11) is 0. The van der Waals surface area contributed by atoms with Gasteiger partial charge in [-0.15, -0.1) is 0 Å². The number of carbonyl (C=O) groups excluding carboxylic acids is 3. The molecule has 4 saturated carbocycles. The Kier molecular flexibility index (Phi) is 12.9. The van der Waals surface area contributed by atoms with Crippen LogP contribution in [-0.4, -0.2) is 165 Å². The molecular weight excluding hydrogens is 837 g/mol. The van der Waals surface area contributed by atoms with Gasteiger partial charge in [-0.2, -0.15) is 0 Å². The van der Waals surface area contributed by atoms with Crippen LogP contribution in [0, 0.1) is 56.2 Å². The van der Waals surface area contributed by atoms with Gasteiger partial charge in [0.05, 0.1) is 42.4 Å². The SMILES string of the molecule is CC1OC(O[C@H]2CC[C@]3(C)[C@H]4C=CC5[C@@H]6CC(C)(C)CC[C@]6(C=O)[C@H](O)C[C@@]5(C)[C@]4(C)CC[C@H]3[C@]2(C)C=O)C(OC2OC(CO)C(O)C(=O)C2O)C(OC2OCC(O)C(O)C2O)C1O. The Hall–Kier alpha value is -1.81. The van der Waals surface area contributed by atoms with E-state index >= 15 is 0 Å². The highest BCUT2D eigenvalue weighted by Gasteiger charge is 2.72. The lowest BCUT2D eigenvalue weighted by atomic mass is 9.32. The van der Waals surface area contributed by atoms with E-state index in [9.17, 15) is 55.2 Å². The zero-order valence-corrected chi connectivity index (χ0v) is 38.1. The second-order valence-electron chi connectivity index (χ2n) is 22.6. The Labute approximate surface area is 374 Å². The molecule has 24 atom stereocenters. The van der Waals surface area contributed by atoms with Crippen LogP contribution >= 0.6 is 0 Å². The second kappa shape index (κ2) is 17.0. The van der Waals surface area contributed by atoms with Gasteiger partial charge in [-0.1, -0.05) is 53.7 Å². The van der Waals surface area contributed by atoms with Crippen molar-refractivity contribution in [2.24, 2.45) is 56.2 Å². The lowest BCUT2D eigenvalue weighted by Gasteiger charge is -2.72. The minimum absolute atomic E-state index is 0.00626. The molecule has 3 saturated heterocycles. The first-order valence-corrected chi connectivity index (χ1v) is 23.4. The highest BCUT2D eigenvalue weighted by Crippen LogP contribution is 2.75. The quantitative estimate of drug-likeness (QED) is 0.0899. The molecule has 7 fully saturated rings. The number of rotatable bonds is 9. The number of aliphatic hydroxyl groups excluding tert-OH is 8. The number of hydrogen-bond acceptors (Lipinski definition) is 17.